The third-order valence-corrected chi connectivity index (χ3v) is 4.28. The summed E-state index contributed by atoms with van der Waals surface area (Å²) in [5.41, 5.74) is 6.16. The molecule has 1 aromatic heterocycles. The Balaban J connectivity index is 0.00000176. The van der Waals surface area contributed by atoms with Gasteiger partial charge in [0.2, 0.25) is 5.95 Å². The summed E-state index contributed by atoms with van der Waals surface area (Å²) in [5.74, 6) is 2.29. The molecule has 7 heteroatoms. The first-order chi connectivity index (χ1) is 10.3. The molecule has 0 spiro atoms. The van der Waals surface area contributed by atoms with Gasteiger partial charge in [-0.15, -0.1) is 24.0 Å². The third-order valence-electron chi connectivity index (χ3n) is 4.28. The van der Waals surface area contributed by atoms with E-state index in [-0.39, 0.29) is 24.0 Å². The Morgan fingerprint density at radius 2 is 1.95 bits per heavy atom. The summed E-state index contributed by atoms with van der Waals surface area (Å²) in [4.78, 5) is 17.6. The van der Waals surface area contributed by atoms with Crippen LogP contribution in [-0.4, -0.2) is 53.0 Å². The van der Waals surface area contributed by atoms with Crippen LogP contribution in [0.3, 0.4) is 0 Å². The lowest BCUT2D eigenvalue weighted by Gasteiger charge is -2.35. The monoisotopic (exact) mass is 416 g/mol. The van der Waals surface area contributed by atoms with Crippen LogP contribution in [-0.2, 0) is 0 Å². The molecule has 1 saturated carbocycles. The average Bonchev–Trinajstić information content (AvgIpc) is 3.26. The Hall–Kier alpha value is -1.12. The molecule has 2 heterocycles. The molecule has 1 aliphatic carbocycles. The number of piperazine rings is 1. The van der Waals surface area contributed by atoms with Crippen LogP contribution in [0.15, 0.2) is 23.5 Å². The largest absolute Gasteiger partial charge is 0.370 e. The van der Waals surface area contributed by atoms with Gasteiger partial charge in [-0.1, -0.05) is 13.3 Å². The van der Waals surface area contributed by atoms with Crippen LogP contribution >= 0.6 is 24.0 Å². The highest BCUT2D eigenvalue weighted by molar-refractivity contribution is 14.0. The van der Waals surface area contributed by atoms with Gasteiger partial charge in [0.05, 0.1) is 6.04 Å². The first-order valence-corrected chi connectivity index (χ1v) is 7.88. The SMILES string of the molecule is CCCC1CC1N=C(N)N1CCN(c2ncccn2)CC1.I. The van der Waals surface area contributed by atoms with Gasteiger partial charge < -0.3 is 15.5 Å². The van der Waals surface area contributed by atoms with Gasteiger partial charge in [-0.05, 0) is 24.8 Å². The lowest BCUT2D eigenvalue weighted by atomic mass is 10.2. The molecular weight excluding hydrogens is 391 g/mol. The molecule has 6 nitrogen and oxygen atoms in total. The Labute approximate surface area is 149 Å². The second-order valence-electron chi connectivity index (χ2n) is 5.86. The molecule has 2 fully saturated rings. The molecule has 0 aromatic carbocycles. The van der Waals surface area contributed by atoms with Crippen LogP contribution in [0.2, 0.25) is 0 Å². The first-order valence-electron chi connectivity index (χ1n) is 7.88. The van der Waals surface area contributed by atoms with Gasteiger partial charge in [-0.3, -0.25) is 0 Å². The number of rotatable bonds is 4. The predicted molar refractivity (Wildman–Crippen MR) is 99.7 cm³/mol. The number of anilines is 1. The van der Waals surface area contributed by atoms with Crippen molar-refractivity contribution in [2.75, 3.05) is 31.1 Å². The molecule has 0 radical (unpaired) electrons. The predicted octanol–water partition coefficient (Wildman–Crippen LogP) is 1.72. The zero-order valence-electron chi connectivity index (χ0n) is 13.1. The summed E-state index contributed by atoms with van der Waals surface area (Å²) in [5, 5.41) is 0. The van der Waals surface area contributed by atoms with E-state index in [0.29, 0.717) is 12.0 Å². The Bertz CT molecular complexity index is 486. The second-order valence-corrected chi connectivity index (χ2v) is 5.86. The van der Waals surface area contributed by atoms with Crippen LogP contribution in [0.5, 0.6) is 0 Å². The quantitative estimate of drug-likeness (QED) is 0.460. The summed E-state index contributed by atoms with van der Waals surface area (Å²) >= 11 is 0. The summed E-state index contributed by atoms with van der Waals surface area (Å²) in [6.07, 6.45) is 7.30. The van der Waals surface area contributed by atoms with Gasteiger partial charge >= 0.3 is 0 Å². The highest BCUT2D eigenvalue weighted by atomic mass is 127. The van der Waals surface area contributed by atoms with E-state index in [4.69, 9.17) is 5.73 Å². The van der Waals surface area contributed by atoms with E-state index in [1.54, 1.807) is 12.4 Å². The highest BCUT2D eigenvalue weighted by Gasteiger charge is 2.36. The van der Waals surface area contributed by atoms with Crippen molar-refractivity contribution in [1.29, 1.82) is 0 Å². The lowest BCUT2D eigenvalue weighted by molar-refractivity contribution is 0.377. The van der Waals surface area contributed by atoms with Crippen molar-refractivity contribution >= 4 is 35.9 Å². The minimum atomic E-state index is 0. The number of nitrogens with two attached hydrogens (primary N) is 1. The number of halogens is 1. The van der Waals surface area contributed by atoms with Gasteiger partial charge in [0.15, 0.2) is 5.96 Å². The van der Waals surface area contributed by atoms with Gasteiger partial charge in [0.25, 0.3) is 0 Å². The van der Waals surface area contributed by atoms with E-state index in [1.807, 2.05) is 6.07 Å². The normalized spacial score (nSPS) is 24.9. The van der Waals surface area contributed by atoms with Crippen LogP contribution in [0, 0.1) is 5.92 Å². The molecular formula is C15H25IN6. The molecule has 1 aromatic rings. The standard InChI is InChI=1S/C15H24N6.HI/c1-2-4-12-11-13(12)19-14(16)20-7-9-21(10-8-20)15-17-5-3-6-18-15;/h3,5-6,12-13H,2,4,7-11H2,1H3,(H2,16,19);1H. The Morgan fingerprint density at radius 1 is 1.27 bits per heavy atom. The van der Waals surface area contributed by atoms with Crippen molar-refractivity contribution in [2.45, 2.75) is 32.2 Å². The number of guanidine groups is 1. The molecule has 0 amide bonds. The van der Waals surface area contributed by atoms with E-state index >= 15 is 0 Å². The molecule has 3 rings (SSSR count). The summed E-state index contributed by atoms with van der Waals surface area (Å²) in [6.45, 7) is 5.79. The average molecular weight is 416 g/mol. The molecule has 22 heavy (non-hydrogen) atoms. The number of hydrogen-bond donors (Lipinski definition) is 1. The lowest BCUT2D eigenvalue weighted by Crippen LogP contribution is -2.51. The number of hydrogen-bond acceptors (Lipinski definition) is 4. The Morgan fingerprint density at radius 3 is 2.59 bits per heavy atom. The minimum absolute atomic E-state index is 0. The van der Waals surface area contributed by atoms with Gasteiger partial charge in [0.1, 0.15) is 0 Å². The molecule has 2 aliphatic rings. The fourth-order valence-corrected chi connectivity index (χ4v) is 2.91. The van der Waals surface area contributed by atoms with E-state index < -0.39 is 0 Å². The summed E-state index contributed by atoms with van der Waals surface area (Å²) in [7, 11) is 0. The molecule has 1 aliphatic heterocycles. The fraction of sp³-hybridized carbons (Fsp3) is 0.667. The van der Waals surface area contributed by atoms with E-state index in [1.165, 1.54) is 19.3 Å². The second kappa shape index (κ2) is 7.94. The maximum absolute atomic E-state index is 6.16. The maximum Gasteiger partial charge on any atom is 0.225 e. The van der Waals surface area contributed by atoms with Crippen molar-refractivity contribution in [1.82, 2.24) is 14.9 Å². The third kappa shape index (κ3) is 4.21. The molecule has 2 N–H and O–H groups in total. The van der Waals surface area contributed by atoms with Gasteiger partial charge in [0, 0.05) is 38.6 Å². The fourth-order valence-electron chi connectivity index (χ4n) is 2.91. The summed E-state index contributed by atoms with van der Waals surface area (Å²) in [6, 6.07) is 2.31. The molecule has 2 atom stereocenters. The topological polar surface area (TPSA) is 70.6 Å². The van der Waals surface area contributed by atoms with Crippen LogP contribution < -0.4 is 10.6 Å². The van der Waals surface area contributed by atoms with Crippen molar-refractivity contribution in [2.24, 2.45) is 16.6 Å². The highest BCUT2D eigenvalue weighted by Crippen LogP contribution is 2.37. The molecule has 2 unspecified atom stereocenters. The van der Waals surface area contributed by atoms with E-state index in [9.17, 15) is 0 Å². The number of aliphatic imine (C=N–C) groups is 1. The summed E-state index contributed by atoms with van der Waals surface area (Å²) < 4.78 is 0. The molecule has 0 bridgehead atoms. The van der Waals surface area contributed by atoms with Crippen molar-refractivity contribution in [3.05, 3.63) is 18.5 Å². The van der Waals surface area contributed by atoms with Crippen LogP contribution in [0.4, 0.5) is 5.95 Å². The van der Waals surface area contributed by atoms with E-state index in [2.05, 4.69) is 31.7 Å². The van der Waals surface area contributed by atoms with E-state index in [0.717, 1.165) is 38.0 Å². The van der Waals surface area contributed by atoms with Gasteiger partial charge in [-0.2, -0.15) is 0 Å². The zero-order valence-corrected chi connectivity index (χ0v) is 15.4. The maximum atomic E-state index is 6.16. The number of nitrogens with zero attached hydrogens (tertiary/aromatic N) is 5. The van der Waals surface area contributed by atoms with Crippen LogP contribution in [0.1, 0.15) is 26.2 Å². The van der Waals surface area contributed by atoms with Crippen molar-refractivity contribution in [3.8, 4) is 0 Å². The van der Waals surface area contributed by atoms with Crippen LogP contribution in [0.25, 0.3) is 0 Å². The zero-order chi connectivity index (χ0) is 14.7. The smallest absolute Gasteiger partial charge is 0.225 e. The first kappa shape index (κ1) is 17.2. The van der Waals surface area contributed by atoms with Crippen molar-refractivity contribution < 1.29 is 0 Å². The molecule has 122 valence electrons. The van der Waals surface area contributed by atoms with Gasteiger partial charge in [-0.25, -0.2) is 15.0 Å². The minimum Gasteiger partial charge on any atom is -0.370 e. The molecule has 1 saturated heterocycles. The Kier molecular flexibility index (Phi) is 6.22. The number of aromatic nitrogens is 2. The van der Waals surface area contributed by atoms with Crippen molar-refractivity contribution in [3.63, 3.8) is 0 Å².